The summed E-state index contributed by atoms with van der Waals surface area (Å²) in [6.45, 7) is 0.816. The highest BCUT2D eigenvalue weighted by Gasteiger charge is 2.41. The lowest BCUT2D eigenvalue weighted by Crippen LogP contribution is -2.39. The number of anilines is 2. The summed E-state index contributed by atoms with van der Waals surface area (Å²) in [6, 6.07) is 1.62. The van der Waals surface area contributed by atoms with E-state index in [0.29, 0.717) is 30.5 Å². The zero-order chi connectivity index (χ0) is 15.5. The molecule has 0 bridgehead atoms. The lowest BCUT2D eigenvalue weighted by Gasteiger charge is -2.33. The van der Waals surface area contributed by atoms with Gasteiger partial charge >= 0.3 is 6.18 Å². The average Bonchev–Trinajstić information content (AvgIpc) is 2.46. The lowest BCUT2D eigenvalue weighted by atomic mass is 9.96. The van der Waals surface area contributed by atoms with Crippen LogP contribution in [-0.2, 0) is 11.3 Å². The molecule has 0 spiro atoms. The van der Waals surface area contributed by atoms with Crippen LogP contribution in [-0.4, -0.2) is 36.3 Å². The molecule has 118 valence electrons. The Hall–Kier alpha value is -1.61. The monoisotopic (exact) mass is 305 g/mol. The molecule has 1 fully saturated rings. The van der Waals surface area contributed by atoms with E-state index in [-0.39, 0.29) is 19.4 Å². The number of rotatable bonds is 4. The van der Waals surface area contributed by atoms with Gasteiger partial charge in [-0.3, -0.25) is 0 Å². The summed E-state index contributed by atoms with van der Waals surface area (Å²) in [7, 11) is 1.51. The molecule has 0 aromatic carbocycles. The molecular formula is C12H18F3N5O. The van der Waals surface area contributed by atoms with E-state index in [1.54, 1.807) is 6.07 Å². The molecule has 6 nitrogen and oxygen atoms in total. The van der Waals surface area contributed by atoms with Crippen molar-refractivity contribution in [1.82, 2.24) is 9.97 Å². The molecule has 2 heterocycles. The van der Waals surface area contributed by atoms with Gasteiger partial charge in [-0.1, -0.05) is 0 Å². The van der Waals surface area contributed by atoms with Gasteiger partial charge in [-0.15, -0.1) is 0 Å². The highest BCUT2D eigenvalue weighted by molar-refractivity contribution is 5.49. The molecule has 1 aromatic rings. The summed E-state index contributed by atoms with van der Waals surface area (Å²) in [4.78, 5) is 10.2. The Morgan fingerprint density at radius 3 is 2.57 bits per heavy atom. The number of aromatic nitrogens is 2. The van der Waals surface area contributed by atoms with E-state index in [4.69, 9.17) is 10.6 Å². The van der Waals surface area contributed by atoms with E-state index in [2.05, 4.69) is 15.4 Å². The fourth-order valence-corrected chi connectivity index (χ4v) is 2.35. The fraction of sp³-hybridized carbons (Fsp3) is 0.667. The third-order valence-electron chi connectivity index (χ3n) is 3.46. The van der Waals surface area contributed by atoms with Crippen molar-refractivity contribution in [3.05, 3.63) is 11.9 Å². The molecule has 1 aliphatic heterocycles. The number of hydrazine groups is 1. The van der Waals surface area contributed by atoms with Crippen LogP contribution in [0.4, 0.5) is 24.8 Å². The Labute approximate surface area is 120 Å². The van der Waals surface area contributed by atoms with Crippen LogP contribution in [0.25, 0.3) is 0 Å². The average molecular weight is 305 g/mol. The zero-order valence-corrected chi connectivity index (χ0v) is 11.7. The molecule has 0 amide bonds. The van der Waals surface area contributed by atoms with Gasteiger partial charge in [-0.25, -0.2) is 15.8 Å². The predicted octanol–water partition coefficient (Wildman–Crippen LogP) is 1.69. The van der Waals surface area contributed by atoms with E-state index in [1.165, 1.54) is 7.11 Å². The summed E-state index contributed by atoms with van der Waals surface area (Å²) < 4.78 is 43.0. The molecule has 0 atom stereocenters. The van der Waals surface area contributed by atoms with Crippen molar-refractivity contribution in [2.24, 2.45) is 11.8 Å². The molecule has 1 aromatic heterocycles. The third-order valence-corrected chi connectivity index (χ3v) is 3.46. The molecular weight excluding hydrogens is 287 g/mol. The normalized spacial score (nSPS) is 17.1. The Morgan fingerprint density at radius 1 is 1.38 bits per heavy atom. The number of nitrogens with zero attached hydrogens (tertiary/aromatic N) is 3. The van der Waals surface area contributed by atoms with Crippen LogP contribution in [0.15, 0.2) is 6.07 Å². The fourth-order valence-electron chi connectivity index (χ4n) is 2.35. The van der Waals surface area contributed by atoms with Gasteiger partial charge in [0.05, 0.1) is 5.92 Å². The maximum Gasteiger partial charge on any atom is 0.391 e. The van der Waals surface area contributed by atoms with Crippen molar-refractivity contribution in [3.63, 3.8) is 0 Å². The first-order chi connectivity index (χ1) is 9.94. The molecule has 3 N–H and O–H groups in total. The van der Waals surface area contributed by atoms with Crippen molar-refractivity contribution in [2.45, 2.75) is 25.6 Å². The second-order valence-electron chi connectivity index (χ2n) is 4.91. The minimum atomic E-state index is -4.12. The minimum absolute atomic E-state index is 0.0680. The van der Waals surface area contributed by atoms with Crippen molar-refractivity contribution in [3.8, 4) is 0 Å². The van der Waals surface area contributed by atoms with E-state index in [9.17, 15) is 13.2 Å². The number of methoxy groups -OCH3 is 1. The van der Waals surface area contributed by atoms with Crippen LogP contribution in [0.3, 0.4) is 0 Å². The van der Waals surface area contributed by atoms with Crippen molar-refractivity contribution < 1.29 is 17.9 Å². The summed E-state index contributed by atoms with van der Waals surface area (Å²) in [6.07, 6.45) is -3.99. The van der Waals surface area contributed by atoms with Crippen molar-refractivity contribution >= 4 is 11.6 Å². The van der Waals surface area contributed by atoms with Crippen LogP contribution < -0.4 is 16.2 Å². The Balaban J connectivity index is 2.10. The van der Waals surface area contributed by atoms with E-state index in [0.717, 1.165) is 0 Å². The predicted molar refractivity (Wildman–Crippen MR) is 71.5 cm³/mol. The number of hydrogen-bond donors (Lipinski definition) is 2. The summed E-state index contributed by atoms with van der Waals surface area (Å²) in [5.74, 6) is 5.51. The molecule has 9 heteroatoms. The van der Waals surface area contributed by atoms with Crippen molar-refractivity contribution in [2.75, 3.05) is 30.5 Å². The Kier molecular flexibility index (Phi) is 4.84. The second-order valence-corrected chi connectivity index (χ2v) is 4.91. The standard InChI is InChI=1S/C12H18F3N5O/c1-21-7-10-17-9(19-16)6-11(18-10)20-4-2-8(3-5-20)12(13,14)15/h6,8H,2-5,7,16H2,1H3,(H,17,18,19). The number of piperidine rings is 1. The summed E-state index contributed by atoms with van der Waals surface area (Å²) >= 11 is 0. The minimum Gasteiger partial charge on any atom is -0.377 e. The SMILES string of the molecule is COCc1nc(NN)cc(N2CCC(C(F)(F)F)CC2)n1. The lowest BCUT2D eigenvalue weighted by molar-refractivity contribution is -0.179. The first-order valence-corrected chi connectivity index (χ1v) is 6.59. The Morgan fingerprint density at radius 2 is 2.05 bits per heavy atom. The van der Waals surface area contributed by atoms with Crippen LogP contribution in [0.1, 0.15) is 18.7 Å². The van der Waals surface area contributed by atoms with Gasteiger partial charge in [0.25, 0.3) is 0 Å². The number of nitrogen functional groups attached to an aromatic ring is 1. The highest BCUT2D eigenvalue weighted by Crippen LogP contribution is 2.35. The molecule has 1 saturated heterocycles. The van der Waals surface area contributed by atoms with Crippen LogP contribution in [0.2, 0.25) is 0 Å². The molecule has 0 radical (unpaired) electrons. The highest BCUT2D eigenvalue weighted by atomic mass is 19.4. The van der Waals surface area contributed by atoms with E-state index < -0.39 is 12.1 Å². The van der Waals surface area contributed by atoms with Crippen LogP contribution in [0.5, 0.6) is 0 Å². The summed E-state index contributed by atoms with van der Waals surface area (Å²) in [5, 5.41) is 0. The van der Waals surface area contributed by atoms with Gasteiger partial charge in [0.15, 0.2) is 5.82 Å². The Bertz CT molecular complexity index is 474. The number of nitrogens with two attached hydrogens (primary N) is 1. The molecule has 1 aliphatic rings. The third kappa shape index (κ3) is 3.94. The van der Waals surface area contributed by atoms with Gasteiger partial charge < -0.3 is 15.1 Å². The van der Waals surface area contributed by atoms with Gasteiger partial charge in [0.1, 0.15) is 18.2 Å². The number of nitrogens with one attached hydrogen (secondary N) is 1. The quantitative estimate of drug-likeness (QED) is 0.651. The molecule has 21 heavy (non-hydrogen) atoms. The number of alkyl halides is 3. The molecule has 0 saturated carbocycles. The van der Waals surface area contributed by atoms with Crippen molar-refractivity contribution in [1.29, 1.82) is 0 Å². The number of ether oxygens (including phenoxy) is 1. The van der Waals surface area contributed by atoms with Crippen LogP contribution >= 0.6 is 0 Å². The summed E-state index contributed by atoms with van der Waals surface area (Å²) in [5.41, 5.74) is 2.42. The second kappa shape index (κ2) is 6.44. The van der Waals surface area contributed by atoms with Gasteiger partial charge in [-0.2, -0.15) is 13.2 Å². The number of halogens is 3. The first-order valence-electron chi connectivity index (χ1n) is 6.59. The topological polar surface area (TPSA) is 76.3 Å². The molecule has 0 aliphatic carbocycles. The van der Waals surface area contributed by atoms with Gasteiger partial charge in [0, 0.05) is 26.3 Å². The van der Waals surface area contributed by atoms with E-state index in [1.807, 2.05) is 4.90 Å². The zero-order valence-electron chi connectivity index (χ0n) is 11.7. The molecule has 0 unspecified atom stereocenters. The maximum absolute atomic E-state index is 12.7. The maximum atomic E-state index is 12.7. The smallest absolute Gasteiger partial charge is 0.377 e. The first kappa shape index (κ1) is 15.8. The number of hydrogen-bond acceptors (Lipinski definition) is 6. The molecule has 2 rings (SSSR count). The van der Waals surface area contributed by atoms with E-state index >= 15 is 0 Å². The van der Waals surface area contributed by atoms with Gasteiger partial charge in [-0.05, 0) is 12.8 Å². The van der Waals surface area contributed by atoms with Crippen LogP contribution in [0, 0.1) is 5.92 Å². The largest absolute Gasteiger partial charge is 0.391 e. The van der Waals surface area contributed by atoms with Gasteiger partial charge in [0.2, 0.25) is 0 Å².